The van der Waals surface area contributed by atoms with Crippen LogP contribution in [0.5, 0.6) is 0 Å². The molecule has 1 N–H and O–H groups in total. The predicted octanol–water partition coefficient (Wildman–Crippen LogP) is 2.23. The maximum absolute atomic E-state index is 8.91. The monoisotopic (exact) mass is 215 g/mol. The van der Waals surface area contributed by atoms with E-state index in [1.54, 1.807) is 6.20 Å². The van der Waals surface area contributed by atoms with Gasteiger partial charge in [-0.2, -0.15) is 5.26 Å². The molecule has 3 nitrogen and oxygen atoms in total. The van der Waals surface area contributed by atoms with Crippen LogP contribution in [0, 0.1) is 17.2 Å². The number of hydrogen-bond donors (Lipinski definition) is 1. The second-order valence-electron chi connectivity index (χ2n) is 4.48. The van der Waals surface area contributed by atoms with Crippen LogP contribution in [0.25, 0.3) is 0 Å². The molecule has 0 bridgehead atoms. The first-order chi connectivity index (χ1) is 7.81. The fourth-order valence-electron chi connectivity index (χ4n) is 2.06. The Hall–Kier alpha value is -1.40. The van der Waals surface area contributed by atoms with Gasteiger partial charge in [0, 0.05) is 24.3 Å². The standard InChI is InChI=1S/C13H17N3/c1-10(11-4-2-5-11)16-9-12-6-3-7-15-13(12)8-14/h3,6-7,10-11,16H,2,4-5,9H2,1H3. The van der Waals surface area contributed by atoms with Gasteiger partial charge >= 0.3 is 0 Å². The molecule has 1 saturated carbocycles. The van der Waals surface area contributed by atoms with E-state index in [2.05, 4.69) is 23.3 Å². The molecule has 0 saturated heterocycles. The van der Waals surface area contributed by atoms with E-state index in [-0.39, 0.29) is 0 Å². The van der Waals surface area contributed by atoms with Crippen LogP contribution in [0.2, 0.25) is 0 Å². The van der Waals surface area contributed by atoms with Gasteiger partial charge in [0.2, 0.25) is 0 Å². The lowest BCUT2D eigenvalue weighted by atomic mass is 9.80. The fraction of sp³-hybridized carbons (Fsp3) is 0.538. The first-order valence-corrected chi connectivity index (χ1v) is 5.88. The van der Waals surface area contributed by atoms with E-state index in [1.165, 1.54) is 19.3 Å². The molecule has 1 aromatic heterocycles. The van der Waals surface area contributed by atoms with Gasteiger partial charge in [0.25, 0.3) is 0 Å². The van der Waals surface area contributed by atoms with Crippen LogP contribution < -0.4 is 5.32 Å². The molecule has 84 valence electrons. The first kappa shape index (κ1) is 11.1. The topological polar surface area (TPSA) is 48.7 Å². The molecule has 1 atom stereocenters. The van der Waals surface area contributed by atoms with E-state index < -0.39 is 0 Å². The Labute approximate surface area is 96.5 Å². The number of nitrogens with one attached hydrogen (secondary N) is 1. The van der Waals surface area contributed by atoms with E-state index in [0.29, 0.717) is 11.7 Å². The summed E-state index contributed by atoms with van der Waals surface area (Å²) in [6.07, 6.45) is 5.71. The number of pyridine rings is 1. The Bertz CT molecular complexity index is 390. The molecule has 1 heterocycles. The molecule has 3 heteroatoms. The molecule has 1 aliphatic carbocycles. The average molecular weight is 215 g/mol. The molecular formula is C13H17N3. The summed E-state index contributed by atoms with van der Waals surface area (Å²) in [7, 11) is 0. The van der Waals surface area contributed by atoms with Crippen LogP contribution in [-0.4, -0.2) is 11.0 Å². The zero-order chi connectivity index (χ0) is 11.4. The Kier molecular flexibility index (Phi) is 3.53. The minimum atomic E-state index is 0.538. The Morgan fingerprint density at radius 2 is 2.44 bits per heavy atom. The Morgan fingerprint density at radius 3 is 3.06 bits per heavy atom. The number of nitriles is 1. The highest BCUT2D eigenvalue weighted by molar-refractivity contribution is 5.30. The summed E-state index contributed by atoms with van der Waals surface area (Å²) in [5, 5.41) is 12.4. The summed E-state index contributed by atoms with van der Waals surface area (Å²) in [5.74, 6) is 0.821. The first-order valence-electron chi connectivity index (χ1n) is 5.88. The van der Waals surface area contributed by atoms with Gasteiger partial charge in [0.15, 0.2) is 0 Å². The van der Waals surface area contributed by atoms with Gasteiger partial charge in [0.1, 0.15) is 11.8 Å². The summed E-state index contributed by atoms with van der Waals surface area (Å²) in [6.45, 7) is 2.97. The van der Waals surface area contributed by atoms with Crippen molar-refractivity contribution >= 4 is 0 Å². The lowest BCUT2D eigenvalue weighted by molar-refractivity contribution is 0.240. The van der Waals surface area contributed by atoms with Crippen LogP contribution in [-0.2, 0) is 6.54 Å². The molecule has 1 unspecified atom stereocenters. The van der Waals surface area contributed by atoms with Gasteiger partial charge in [-0.05, 0) is 31.7 Å². The Balaban J connectivity index is 1.91. The molecule has 1 fully saturated rings. The highest BCUT2D eigenvalue weighted by Gasteiger charge is 2.23. The molecule has 1 aromatic rings. The van der Waals surface area contributed by atoms with Crippen molar-refractivity contribution in [1.29, 1.82) is 5.26 Å². The summed E-state index contributed by atoms with van der Waals surface area (Å²) < 4.78 is 0. The summed E-state index contributed by atoms with van der Waals surface area (Å²) in [5.41, 5.74) is 1.53. The fourth-order valence-corrected chi connectivity index (χ4v) is 2.06. The van der Waals surface area contributed by atoms with Crippen molar-refractivity contribution in [3.8, 4) is 6.07 Å². The van der Waals surface area contributed by atoms with Crippen molar-refractivity contribution in [2.75, 3.05) is 0 Å². The third-order valence-electron chi connectivity index (χ3n) is 3.47. The van der Waals surface area contributed by atoms with Crippen LogP contribution in [0.3, 0.4) is 0 Å². The summed E-state index contributed by atoms with van der Waals surface area (Å²) >= 11 is 0. The second kappa shape index (κ2) is 5.09. The molecule has 16 heavy (non-hydrogen) atoms. The van der Waals surface area contributed by atoms with Gasteiger partial charge < -0.3 is 5.32 Å². The zero-order valence-electron chi connectivity index (χ0n) is 9.61. The van der Waals surface area contributed by atoms with Crippen molar-refractivity contribution in [3.05, 3.63) is 29.6 Å². The van der Waals surface area contributed by atoms with Crippen LogP contribution in [0.1, 0.15) is 37.4 Å². The van der Waals surface area contributed by atoms with Crippen molar-refractivity contribution in [1.82, 2.24) is 10.3 Å². The van der Waals surface area contributed by atoms with Crippen molar-refractivity contribution in [3.63, 3.8) is 0 Å². The van der Waals surface area contributed by atoms with Gasteiger partial charge in [0.05, 0.1) is 0 Å². The Morgan fingerprint density at radius 1 is 1.62 bits per heavy atom. The lowest BCUT2D eigenvalue weighted by Crippen LogP contribution is -2.36. The highest BCUT2D eigenvalue weighted by Crippen LogP contribution is 2.29. The molecule has 0 radical (unpaired) electrons. The van der Waals surface area contributed by atoms with Crippen LogP contribution in [0.4, 0.5) is 0 Å². The summed E-state index contributed by atoms with van der Waals surface area (Å²) in [4.78, 5) is 4.05. The minimum absolute atomic E-state index is 0.538. The number of nitrogens with zero attached hydrogens (tertiary/aromatic N) is 2. The SMILES string of the molecule is CC(NCc1cccnc1C#N)C1CCC1. The molecule has 0 spiro atoms. The number of rotatable bonds is 4. The predicted molar refractivity (Wildman–Crippen MR) is 62.6 cm³/mol. The number of aromatic nitrogens is 1. The van der Waals surface area contributed by atoms with Gasteiger partial charge in [-0.15, -0.1) is 0 Å². The molecule has 1 aliphatic rings. The third kappa shape index (κ3) is 2.40. The maximum Gasteiger partial charge on any atom is 0.144 e. The van der Waals surface area contributed by atoms with Gasteiger partial charge in [-0.25, -0.2) is 4.98 Å². The average Bonchev–Trinajstić information content (AvgIpc) is 2.24. The quantitative estimate of drug-likeness (QED) is 0.838. The normalized spacial score (nSPS) is 17.5. The largest absolute Gasteiger partial charge is 0.310 e. The van der Waals surface area contributed by atoms with E-state index in [1.807, 2.05) is 12.1 Å². The van der Waals surface area contributed by atoms with E-state index >= 15 is 0 Å². The molecule has 2 rings (SSSR count). The van der Waals surface area contributed by atoms with Crippen molar-refractivity contribution < 1.29 is 0 Å². The lowest BCUT2D eigenvalue weighted by Gasteiger charge is -2.32. The van der Waals surface area contributed by atoms with Crippen molar-refractivity contribution in [2.24, 2.45) is 5.92 Å². The third-order valence-corrected chi connectivity index (χ3v) is 3.47. The smallest absolute Gasteiger partial charge is 0.144 e. The molecule has 0 amide bonds. The number of hydrogen-bond acceptors (Lipinski definition) is 3. The highest BCUT2D eigenvalue weighted by atomic mass is 14.9. The van der Waals surface area contributed by atoms with E-state index in [4.69, 9.17) is 5.26 Å². The molecule has 0 aliphatic heterocycles. The van der Waals surface area contributed by atoms with Crippen LogP contribution in [0.15, 0.2) is 18.3 Å². The molecule has 0 aromatic carbocycles. The van der Waals surface area contributed by atoms with E-state index in [0.717, 1.165) is 18.0 Å². The summed E-state index contributed by atoms with van der Waals surface area (Å²) in [6, 6.07) is 6.51. The second-order valence-corrected chi connectivity index (χ2v) is 4.48. The maximum atomic E-state index is 8.91. The van der Waals surface area contributed by atoms with Gasteiger partial charge in [-0.1, -0.05) is 12.5 Å². The van der Waals surface area contributed by atoms with E-state index in [9.17, 15) is 0 Å². The van der Waals surface area contributed by atoms with Crippen molar-refractivity contribution in [2.45, 2.75) is 38.8 Å². The zero-order valence-corrected chi connectivity index (χ0v) is 9.61. The van der Waals surface area contributed by atoms with Gasteiger partial charge in [-0.3, -0.25) is 0 Å². The minimum Gasteiger partial charge on any atom is -0.310 e. The van der Waals surface area contributed by atoms with Crippen LogP contribution >= 0.6 is 0 Å². The molecular weight excluding hydrogens is 198 g/mol.